The Morgan fingerprint density at radius 1 is 1.40 bits per heavy atom. The molecule has 0 aliphatic carbocycles. The van der Waals surface area contributed by atoms with Crippen molar-refractivity contribution in [2.75, 3.05) is 19.6 Å². The number of hydrogen-bond donors (Lipinski definition) is 2. The van der Waals surface area contributed by atoms with Crippen molar-refractivity contribution in [3.05, 3.63) is 12.3 Å². The van der Waals surface area contributed by atoms with E-state index in [2.05, 4.69) is 24.1 Å². The maximum absolute atomic E-state index is 11.3. The molecule has 2 heterocycles. The lowest BCUT2D eigenvalue weighted by molar-refractivity contribution is -0.121. The summed E-state index contributed by atoms with van der Waals surface area (Å²) in [6, 6.07) is -0.403. The third kappa shape index (κ3) is 3.94. The Morgan fingerprint density at radius 2 is 2.05 bits per heavy atom. The smallest absolute Gasteiger partial charge is 0.217 e. The zero-order valence-corrected chi connectivity index (χ0v) is 12.4. The van der Waals surface area contributed by atoms with E-state index < -0.39 is 0 Å². The van der Waals surface area contributed by atoms with Gasteiger partial charge in [0.05, 0.1) is 24.5 Å². The number of morpholine rings is 1. The second kappa shape index (κ2) is 6.56. The number of nitrogens with two attached hydrogens (primary N) is 1. The second-order valence-corrected chi connectivity index (χ2v) is 5.78. The number of carbonyl (C=O) groups excluding carboxylic acids is 1. The van der Waals surface area contributed by atoms with Crippen molar-refractivity contribution >= 4 is 5.91 Å². The fourth-order valence-electron chi connectivity index (χ4n) is 2.96. The summed E-state index contributed by atoms with van der Waals surface area (Å²) in [6.07, 6.45) is 3.72. The van der Waals surface area contributed by atoms with Crippen molar-refractivity contribution in [1.82, 2.24) is 10.2 Å². The number of nitrogens with zero attached hydrogens (tertiary/aromatic N) is 1. The molecule has 0 bridgehead atoms. The third-order valence-corrected chi connectivity index (χ3v) is 3.67. The van der Waals surface area contributed by atoms with E-state index in [1.54, 1.807) is 12.3 Å². The van der Waals surface area contributed by atoms with Gasteiger partial charge in [0, 0.05) is 32.6 Å². The SMILES string of the molecule is CC(=O)N[C@H]1[C@H](CN2C[C@@H](C)O[C@@H](C)C2)OC=C[C@@H]1N. The van der Waals surface area contributed by atoms with Gasteiger partial charge < -0.3 is 20.5 Å². The van der Waals surface area contributed by atoms with Crippen LogP contribution in [0.1, 0.15) is 20.8 Å². The molecular weight excluding hydrogens is 258 g/mol. The van der Waals surface area contributed by atoms with Crippen LogP contribution >= 0.6 is 0 Å². The maximum atomic E-state index is 11.3. The summed E-state index contributed by atoms with van der Waals surface area (Å²) in [5.74, 6) is -0.0851. The highest BCUT2D eigenvalue weighted by Crippen LogP contribution is 2.16. The van der Waals surface area contributed by atoms with Crippen LogP contribution in [0, 0.1) is 0 Å². The molecule has 20 heavy (non-hydrogen) atoms. The normalized spacial score (nSPS) is 38.3. The van der Waals surface area contributed by atoms with Gasteiger partial charge in [-0.2, -0.15) is 0 Å². The number of carbonyl (C=O) groups is 1. The van der Waals surface area contributed by atoms with Gasteiger partial charge in [-0.25, -0.2) is 0 Å². The molecule has 1 fully saturated rings. The fourth-order valence-corrected chi connectivity index (χ4v) is 2.96. The standard InChI is InChI=1S/C14H25N3O3/c1-9-6-17(7-10(2)20-9)8-13-14(16-11(3)18)12(15)4-5-19-13/h4-5,9-10,12-14H,6-8,15H2,1-3H3,(H,16,18)/t9-,10+,12-,13-,14+/m0/s1. The van der Waals surface area contributed by atoms with E-state index in [1.807, 2.05) is 0 Å². The summed E-state index contributed by atoms with van der Waals surface area (Å²) in [6.45, 7) is 8.12. The van der Waals surface area contributed by atoms with Gasteiger partial charge in [0.15, 0.2) is 0 Å². The predicted molar refractivity (Wildman–Crippen MR) is 76.0 cm³/mol. The van der Waals surface area contributed by atoms with Gasteiger partial charge in [0.25, 0.3) is 0 Å². The molecule has 0 radical (unpaired) electrons. The highest BCUT2D eigenvalue weighted by molar-refractivity contribution is 5.73. The molecule has 0 spiro atoms. The molecule has 0 saturated carbocycles. The van der Waals surface area contributed by atoms with Crippen LogP contribution < -0.4 is 11.1 Å². The topological polar surface area (TPSA) is 76.8 Å². The number of rotatable bonds is 3. The number of hydrogen-bond acceptors (Lipinski definition) is 5. The van der Waals surface area contributed by atoms with Crippen LogP contribution in [0.3, 0.4) is 0 Å². The van der Waals surface area contributed by atoms with Gasteiger partial charge in [-0.05, 0) is 19.9 Å². The molecule has 5 atom stereocenters. The fraction of sp³-hybridized carbons (Fsp3) is 0.786. The summed E-state index contributed by atoms with van der Waals surface area (Å²) in [5, 5.41) is 2.90. The molecule has 1 amide bonds. The van der Waals surface area contributed by atoms with Crippen molar-refractivity contribution in [2.24, 2.45) is 5.73 Å². The van der Waals surface area contributed by atoms with Crippen LogP contribution in [-0.2, 0) is 14.3 Å². The Kier molecular flexibility index (Phi) is 5.01. The molecule has 6 heteroatoms. The maximum Gasteiger partial charge on any atom is 0.217 e. The van der Waals surface area contributed by atoms with Crippen LogP contribution in [0.5, 0.6) is 0 Å². The summed E-state index contributed by atoms with van der Waals surface area (Å²) < 4.78 is 11.4. The van der Waals surface area contributed by atoms with Crippen molar-refractivity contribution in [3.8, 4) is 0 Å². The van der Waals surface area contributed by atoms with Gasteiger partial charge in [-0.15, -0.1) is 0 Å². The molecule has 2 aliphatic rings. The van der Waals surface area contributed by atoms with E-state index in [9.17, 15) is 4.79 Å². The third-order valence-electron chi connectivity index (χ3n) is 3.67. The number of nitrogens with one attached hydrogen (secondary N) is 1. The minimum Gasteiger partial charge on any atom is -0.495 e. The zero-order chi connectivity index (χ0) is 14.7. The van der Waals surface area contributed by atoms with Gasteiger partial charge in [0.2, 0.25) is 5.91 Å². The Balaban J connectivity index is 1.98. The largest absolute Gasteiger partial charge is 0.495 e. The lowest BCUT2D eigenvalue weighted by Crippen LogP contribution is -2.59. The Hall–Kier alpha value is -1.11. The van der Waals surface area contributed by atoms with E-state index in [0.29, 0.717) is 0 Å². The minimum absolute atomic E-state index is 0.0851. The molecule has 0 aromatic heterocycles. The predicted octanol–water partition coefficient (Wildman–Crippen LogP) is -0.160. The van der Waals surface area contributed by atoms with Crippen LogP contribution in [0.4, 0.5) is 0 Å². The second-order valence-electron chi connectivity index (χ2n) is 5.78. The first-order valence-electron chi connectivity index (χ1n) is 7.18. The van der Waals surface area contributed by atoms with Crippen molar-refractivity contribution < 1.29 is 14.3 Å². The first-order chi connectivity index (χ1) is 9.45. The summed E-state index contributed by atoms with van der Waals surface area (Å²) in [4.78, 5) is 13.6. The number of amides is 1. The molecule has 0 unspecified atom stereocenters. The Labute approximate surface area is 120 Å². The minimum atomic E-state index is -0.214. The monoisotopic (exact) mass is 283 g/mol. The zero-order valence-electron chi connectivity index (χ0n) is 12.4. The lowest BCUT2D eigenvalue weighted by Gasteiger charge is -2.40. The molecular formula is C14H25N3O3. The van der Waals surface area contributed by atoms with Gasteiger partial charge in [-0.1, -0.05) is 0 Å². The Morgan fingerprint density at radius 3 is 2.65 bits per heavy atom. The van der Waals surface area contributed by atoms with E-state index in [0.717, 1.165) is 19.6 Å². The highest BCUT2D eigenvalue weighted by atomic mass is 16.5. The molecule has 6 nitrogen and oxygen atoms in total. The van der Waals surface area contributed by atoms with E-state index in [-0.39, 0.29) is 36.3 Å². The van der Waals surface area contributed by atoms with Crippen molar-refractivity contribution in [2.45, 2.75) is 51.2 Å². The van der Waals surface area contributed by atoms with Gasteiger partial charge >= 0.3 is 0 Å². The molecule has 2 aliphatic heterocycles. The lowest BCUT2D eigenvalue weighted by atomic mass is 9.99. The molecule has 3 N–H and O–H groups in total. The number of ether oxygens (including phenoxy) is 2. The average molecular weight is 283 g/mol. The molecule has 2 rings (SSSR count). The van der Waals surface area contributed by atoms with Crippen LogP contribution in [0.15, 0.2) is 12.3 Å². The molecule has 1 saturated heterocycles. The molecule has 0 aromatic carbocycles. The first-order valence-corrected chi connectivity index (χ1v) is 7.18. The summed E-state index contributed by atoms with van der Waals surface area (Å²) >= 11 is 0. The quantitative estimate of drug-likeness (QED) is 0.752. The molecule has 114 valence electrons. The van der Waals surface area contributed by atoms with Crippen molar-refractivity contribution in [1.29, 1.82) is 0 Å². The average Bonchev–Trinajstić information content (AvgIpc) is 2.32. The van der Waals surface area contributed by atoms with Gasteiger partial charge in [0.1, 0.15) is 6.10 Å². The van der Waals surface area contributed by atoms with E-state index >= 15 is 0 Å². The van der Waals surface area contributed by atoms with E-state index in [4.69, 9.17) is 15.2 Å². The Bertz CT molecular complexity index is 365. The highest BCUT2D eigenvalue weighted by Gasteiger charge is 2.34. The summed E-state index contributed by atoms with van der Waals surface area (Å²) in [7, 11) is 0. The first kappa shape index (κ1) is 15.3. The van der Waals surface area contributed by atoms with Crippen LogP contribution in [0.25, 0.3) is 0 Å². The van der Waals surface area contributed by atoms with Crippen LogP contribution in [-0.4, -0.2) is 60.8 Å². The van der Waals surface area contributed by atoms with Crippen LogP contribution in [0.2, 0.25) is 0 Å². The van der Waals surface area contributed by atoms with Gasteiger partial charge in [-0.3, -0.25) is 9.69 Å². The molecule has 0 aromatic rings. The van der Waals surface area contributed by atoms with Crippen molar-refractivity contribution in [3.63, 3.8) is 0 Å². The summed E-state index contributed by atoms with van der Waals surface area (Å²) in [5.41, 5.74) is 6.05. The van der Waals surface area contributed by atoms with E-state index in [1.165, 1.54) is 6.92 Å².